The minimum Gasteiger partial charge on any atom is -0.398 e. The summed E-state index contributed by atoms with van der Waals surface area (Å²) in [6.45, 7) is 1.74. The smallest absolute Gasteiger partial charge is 0.261 e. The number of anilines is 2. The van der Waals surface area contributed by atoms with E-state index in [1.807, 2.05) is 0 Å². The molecule has 0 aliphatic heterocycles. The molecular formula is C13H12Cl2N2O2S. The highest BCUT2D eigenvalue weighted by Crippen LogP contribution is 2.27. The number of hydrogen-bond donors (Lipinski definition) is 2. The van der Waals surface area contributed by atoms with E-state index < -0.39 is 10.0 Å². The van der Waals surface area contributed by atoms with Crippen LogP contribution in [0.5, 0.6) is 0 Å². The highest BCUT2D eigenvalue weighted by molar-refractivity contribution is 7.92. The highest BCUT2D eigenvalue weighted by atomic mass is 35.5. The molecule has 0 bridgehead atoms. The van der Waals surface area contributed by atoms with Gasteiger partial charge < -0.3 is 5.73 Å². The van der Waals surface area contributed by atoms with Crippen molar-refractivity contribution in [3.8, 4) is 0 Å². The van der Waals surface area contributed by atoms with Crippen molar-refractivity contribution in [3.05, 3.63) is 52.0 Å². The average Bonchev–Trinajstić information content (AvgIpc) is 2.38. The second kappa shape index (κ2) is 5.52. The predicted molar refractivity (Wildman–Crippen MR) is 82.9 cm³/mol. The molecule has 2 rings (SSSR count). The van der Waals surface area contributed by atoms with E-state index in [1.165, 1.54) is 18.2 Å². The normalized spacial score (nSPS) is 11.3. The zero-order chi connectivity index (χ0) is 14.9. The largest absolute Gasteiger partial charge is 0.398 e. The van der Waals surface area contributed by atoms with Gasteiger partial charge in [-0.05, 0) is 42.8 Å². The maximum Gasteiger partial charge on any atom is 0.261 e. The van der Waals surface area contributed by atoms with Crippen molar-refractivity contribution in [1.82, 2.24) is 0 Å². The lowest BCUT2D eigenvalue weighted by atomic mass is 10.2. The summed E-state index contributed by atoms with van der Waals surface area (Å²) < 4.78 is 27.0. The maximum absolute atomic E-state index is 12.3. The van der Waals surface area contributed by atoms with Gasteiger partial charge in [-0.25, -0.2) is 8.42 Å². The van der Waals surface area contributed by atoms with Crippen LogP contribution in [0.2, 0.25) is 10.0 Å². The molecule has 0 aliphatic carbocycles. The van der Waals surface area contributed by atoms with Crippen molar-refractivity contribution < 1.29 is 8.42 Å². The second-order valence-electron chi connectivity index (χ2n) is 4.20. The van der Waals surface area contributed by atoms with Crippen molar-refractivity contribution >= 4 is 44.6 Å². The number of sulfonamides is 1. The van der Waals surface area contributed by atoms with Gasteiger partial charge in [0.1, 0.15) is 0 Å². The minimum absolute atomic E-state index is 0.0359. The summed E-state index contributed by atoms with van der Waals surface area (Å²) in [6, 6.07) is 9.14. The Morgan fingerprint density at radius 2 is 1.80 bits per heavy atom. The van der Waals surface area contributed by atoms with E-state index in [-0.39, 0.29) is 9.92 Å². The fourth-order valence-electron chi connectivity index (χ4n) is 1.61. The minimum atomic E-state index is -3.74. The number of rotatable bonds is 3. The fraction of sp³-hybridized carbons (Fsp3) is 0.0769. The summed E-state index contributed by atoms with van der Waals surface area (Å²) in [7, 11) is -3.74. The Balaban J connectivity index is 2.41. The van der Waals surface area contributed by atoms with Gasteiger partial charge in [0.05, 0.1) is 20.6 Å². The Morgan fingerprint density at radius 3 is 2.45 bits per heavy atom. The van der Waals surface area contributed by atoms with Gasteiger partial charge in [0.15, 0.2) is 0 Å². The first-order valence-corrected chi connectivity index (χ1v) is 7.88. The summed E-state index contributed by atoms with van der Waals surface area (Å²) in [5.74, 6) is 0. The van der Waals surface area contributed by atoms with Crippen LogP contribution in [0.3, 0.4) is 0 Å². The first kappa shape index (κ1) is 15.0. The van der Waals surface area contributed by atoms with Gasteiger partial charge in [-0.1, -0.05) is 29.3 Å². The topological polar surface area (TPSA) is 72.2 Å². The molecule has 7 heteroatoms. The van der Waals surface area contributed by atoms with Gasteiger partial charge in [-0.3, -0.25) is 4.72 Å². The first-order chi connectivity index (χ1) is 9.31. The average molecular weight is 331 g/mol. The number of nitrogens with one attached hydrogen (secondary N) is 1. The van der Waals surface area contributed by atoms with Crippen LogP contribution in [-0.4, -0.2) is 8.42 Å². The van der Waals surface area contributed by atoms with Crippen LogP contribution in [-0.2, 0) is 10.0 Å². The van der Waals surface area contributed by atoms with E-state index >= 15 is 0 Å². The molecule has 2 aromatic carbocycles. The monoisotopic (exact) mass is 330 g/mol. The quantitative estimate of drug-likeness (QED) is 0.843. The predicted octanol–water partition coefficient (Wildman–Crippen LogP) is 3.68. The van der Waals surface area contributed by atoms with Gasteiger partial charge in [0.2, 0.25) is 0 Å². The second-order valence-corrected chi connectivity index (χ2v) is 6.70. The summed E-state index contributed by atoms with van der Waals surface area (Å²) >= 11 is 11.6. The Kier molecular flexibility index (Phi) is 4.13. The molecule has 0 radical (unpaired) electrons. The van der Waals surface area contributed by atoms with Gasteiger partial charge in [0.25, 0.3) is 10.0 Å². The molecule has 0 saturated heterocycles. The molecule has 4 nitrogen and oxygen atoms in total. The molecule has 20 heavy (non-hydrogen) atoms. The van der Waals surface area contributed by atoms with Crippen molar-refractivity contribution in [2.24, 2.45) is 0 Å². The van der Waals surface area contributed by atoms with Crippen molar-refractivity contribution in [2.75, 3.05) is 10.5 Å². The Bertz CT molecular complexity index is 761. The van der Waals surface area contributed by atoms with Crippen LogP contribution < -0.4 is 10.5 Å². The van der Waals surface area contributed by atoms with Gasteiger partial charge in [0, 0.05) is 5.69 Å². The molecule has 2 aromatic rings. The summed E-state index contributed by atoms with van der Waals surface area (Å²) in [5.41, 5.74) is 7.35. The Hall–Kier alpha value is -1.43. The summed E-state index contributed by atoms with van der Waals surface area (Å²) in [6.07, 6.45) is 0. The van der Waals surface area contributed by atoms with Gasteiger partial charge >= 0.3 is 0 Å². The molecule has 0 aromatic heterocycles. The number of halogens is 2. The molecule has 0 spiro atoms. The molecule has 0 fully saturated rings. The van der Waals surface area contributed by atoms with Crippen molar-refractivity contribution in [1.29, 1.82) is 0 Å². The lowest BCUT2D eigenvalue weighted by Gasteiger charge is -2.12. The number of nitrogen functional groups attached to an aromatic ring is 1. The van der Waals surface area contributed by atoms with Crippen LogP contribution in [0.15, 0.2) is 41.3 Å². The SMILES string of the molecule is Cc1c(N)cccc1NS(=O)(=O)c1ccc(Cl)c(Cl)c1. The molecule has 106 valence electrons. The number of nitrogens with two attached hydrogens (primary N) is 1. The van der Waals surface area contributed by atoms with E-state index in [9.17, 15) is 8.42 Å². The molecule has 0 heterocycles. The summed E-state index contributed by atoms with van der Waals surface area (Å²) in [4.78, 5) is 0.0359. The standard InChI is InChI=1S/C13H12Cl2N2O2S/c1-8-12(16)3-2-4-13(8)17-20(18,19)9-5-6-10(14)11(15)7-9/h2-7,17H,16H2,1H3. The molecule has 0 aliphatic rings. The molecule has 0 saturated carbocycles. The molecule has 0 atom stereocenters. The zero-order valence-corrected chi connectivity index (χ0v) is 12.9. The molecule has 0 amide bonds. The van der Waals surface area contributed by atoms with Crippen LogP contribution in [0.4, 0.5) is 11.4 Å². The van der Waals surface area contributed by atoms with Crippen molar-refractivity contribution in [3.63, 3.8) is 0 Å². The van der Waals surface area contributed by atoms with E-state index in [1.54, 1.807) is 25.1 Å². The molecule has 0 unspecified atom stereocenters. The lowest BCUT2D eigenvalue weighted by molar-refractivity contribution is 0.601. The van der Waals surface area contributed by atoms with E-state index in [0.717, 1.165) is 0 Å². The van der Waals surface area contributed by atoms with E-state index in [0.29, 0.717) is 22.0 Å². The van der Waals surface area contributed by atoms with E-state index in [2.05, 4.69) is 4.72 Å². The molecular weight excluding hydrogens is 319 g/mol. The first-order valence-electron chi connectivity index (χ1n) is 5.64. The maximum atomic E-state index is 12.3. The fourth-order valence-corrected chi connectivity index (χ4v) is 3.12. The Morgan fingerprint density at radius 1 is 1.10 bits per heavy atom. The highest BCUT2D eigenvalue weighted by Gasteiger charge is 2.17. The zero-order valence-electron chi connectivity index (χ0n) is 10.5. The Labute approximate surface area is 127 Å². The number of hydrogen-bond acceptors (Lipinski definition) is 3. The summed E-state index contributed by atoms with van der Waals surface area (Å²) in [5, 5.41) is 0.476. The van der Waals surface area contributed by atoms with Crippen LogP contribution in [0.1, 0.15) is 5.56 Å². The van der Waals surface area contributed by atoms with E-state index in [4.69, 9.17) is 28.9 Å². The van der Waals surface area contributed by atoms with Crippen molar-refractivity contribution in [2.45, 2.75) is 11.8 Å². The third-order valence-electron chi connectivity index (χ3n) is 2.82. The van der Waals surface area contributed by atoms with Crippen LogP contribution in [0.25, 0.3) is 0 Å². The van der Waals surface area contributed by atoms with Crippen LogP contribution >= 0.6 is 23.2 Å². The lowest BCUT2D eigenvalue weighted by Crippen LogP contribution is -2.14. The van der Waals surface area contributed by atoms with Gasteiger partial charge in [-0.15, -0.1) is 0 Å². The van der Waals surface area contributed by atoms with Gasteiger partial charge in [-0.2, -0.15) is 0 Å². The molecule has 3 N–H and O–H groups in total. The van der Waals surface area contributed by atoms with Crippen LogP contribution in [0, 0.1) is 6.92 Å². The third-order valence-corrected chi connectivity index (χ3v) is 4.92. The third kappa shape index (κ3) is 3.00. The number of benzene rings is 2.